The maximum atomic E-state index is 2.59. The number of hydrogen-bond acceptors (Lipinski definition) is 2. The van der Waals surface area contributed by atoms with Crippen molar-refractivity contribution in [2.24, 2.45) is 0 Å². The predicted octanol–water partition coefficient (Wildman–Crippen LogP) is 18.6. The fourth-order valence-electron chi connectivity index (χ4n) is 11.3. The first-order chi connectivity index (χ1) is 33.6. The zero-order chi connectivity index (χ0) is 47.3. The molecule has 0 N–H and O–H groups in total. The first kappa shape index (κ1) is 43.9. The molecule has 338 valence electrons. The highest BCUT2D eigenvalue weighted by atomic mass is 15.2. The van der Waals surface area contributed by atoms with Gasteiger partial charge in [-0.05, 0) is 152 Å². The van der Waals surface area contributed by atoms with Crippen molar-refractivity contribution >= 4 is 44.3 Å². The fraction of sp³-hybridized carbons (Fsp3) is 0.164. The Kier molecular flexibility index (Phi) is 11.1. The van der Waals surface area contributed by atoms with Crippen molar-refractivity contribution in [3.05, 3.63) is 253 Å². The van der Waals surface area contributed by atoms with Crippen LogP contribution in [0.4, 0.5) is 22.7 Å². The third-order valence-corrected chi connectivity index (χ3v) is 15.7. The van der Waals surface area contributed by atoms with E-state index in [2.05, 4.69) is 282 Å². The molecule has 0 spiro atoms. The molecule has 0 saturated heterocycles. The van der Waals surface area contributed by atoms with Crippen LogP contribution in [-0.2, 0) is 16.5 Å². The molecule has 0 amide bonds. The third-order valence-electron chi connectivity index (χ3n) is 15.7. The standard InChI is InChI=1S/C67H60N2/c1-7-66(5,68(59-39-31-49-23-15-17-25-53(49)43-59)57-35-27-51(28-36-57)47-19-11-9-12-20-47)55-33-41-61-62-42-34-56(46-64(62)65(3,4)63(61)45-55)67(6,8-2)69(60-40-32-50-24-16-18-26-54(50)44-60)58-37-29-52(30-38-58)48-21-13-10-14-22-48/h9-46H,7-8H2,1-6H3. The lowest BCUT2D eigenvalue weighted by Crippen LogP contribution is -2.41. The molecule has 2 nitrogen and oxygen atoms in total. The minimum Gasteiger partial charge on any atom is -0.331 e. The average molecular weight is 893 g/mol. The Hall–Kier alpha value is -7.68. The van der Waals surface area contributed by atoms with Gasteiger partial charge in [-0.25, -0.2) is 0 Å². The van der Waals surface area contributed by atoms with Gasteiger partial charge in [0.15, 0.2) is 0 Å². The van der Waals surface area contributed by atoms with Crippen LogP contribution in [0.25, 0.3) is 54.9 Å². The third kappa shape index (κ3) is 7.60. The highest BCUT2D eigenvalue weighted by Crippen LogP contribution is 2.53. The molecule has 2 unspecified atom stereocenters. The minimum atomic E-state index is -0.376. The summed E-state index contributed by atoms with van der Waals surface area (Å²) in [6.45, 7) is 14.4. The zero-order valence-corrected chi connectivity index (χ0v) is 40.7. The van der Waals surface area contributed by atoms with Crippen LogP contribution in [-0.4, -0.2) is 0 Å². The van der Waals surface area contributed by atoms with E-state index in [1.807, 2.05) is 0 Å². The molecule has 0 radical (unpaired) electrons. The normalized spacial score (nSPS) is 14.4. The van der Waals surface area contributed by atoms with Crippen LogP contribution in [0.3, 0.4) is 0 Å². The van der Waals surface area contributed by atoms with Crippen LogP contribution in [0.2, 0.25) is 0 Å². The molecule has 11 rings (SSSR count). The minimum absolute atomic E-state index is 0.240. The van der Waals surface area contributed by atoms with Gasteiger partial charge in [-0.3, -0.25) is 0 Å². The molecular formula is C67H60N2. The van der Waals surface area contributed by atoms with Crippen molar-refractivity contribution in [3.8, 4) is 33.4 Å². The second kappa shape index (κ2) is 17.4. The van der Waals surface area contributed by atoms with E-state index in [1.54, 1.807) is 0 Å². The quantitative estimate of drug-likeness (QED) is 0.121. The molecule has 1 aliphatic carbocycles. The van der Waals surface area contributed by atoms with Crippen LogP contribution in [0.1, 0.15) is 76.6 Å². The van der Waals surface area contributed by atoms with E-state index in [0.717, 1.165) is 12.8 Å². The Morgan fingerprint density at radius 1 is 0.333 bits per heavy atom. The molecule has 10 aromatic rings. The summed E-state index contributed by atoms with van der Waals surface area (Å²) in [5, 5.41) is 4.97. The van der Waals surface area contributed by atoms with E-state index < -0.39 is 0 Å². The Labute approximate surface area is 409 Å². The number of hydrogen-bond donors (Lipinski definition) is 0. The Bertz CT molecular complexity index is 3230. The summed E-state index contributed by atoms with van der Waals surface area (Å²) in [5.41, 5.74) is 16.6. The predicted molar refractivity (Wildman–Crippen MR) is 295 cm³/mol. The zero-order valence-electron chi connectivity index (χ0n) is 40.7. The summed E-state index contributed by atoms with van der Waals surface area (Å²) in [5.74, 6) is 0. The van der Waals surface area contributed by atoms with E-state index >= 15 is 0 Å². The largest absolute Gasteiger partial charge is 0.331 e. The number of anilines is 4. The van der Waals surface area contributed by atoms with Crippen molar-refractivity contribution < 1.29 is 0 Å². The fourth-order valence-corrected chi connectivity index (χ4v) is 11.3. The van der Waals surface area contributed by atoms with Gasteiger partial charge in [-0.15, -0.1) is 0 Å². The summed E-state index contributed by atoms with van der Waals surface area (Å²) >= 11 is 0. The van der Waals surface area contributed by atoms with Crippen LogP contribution in [0.15, 0.2) is 231 Å². The molecular weight excluding hydrogens is 833 g/mol. The molecule has 0 heterocycles. The van der Waals surface area contributed by atoms with Crippen LogP contribution in [0, 0.1) is 0 Å². The van der Waals surface area contributed by atoms with Crippen molar-refractivity contribution in [2.45, 2.75) is 70.9 Å². The van der Waals surface area contributed by atoms with Crippen LogP contribution in [0.5, 0.6) is 0 Å². The van der Waals surface area contributed by atoms with E-state index in [-0.39, 0.29) is 16.5 Å². The molecule has 2 heteroatoms. The van der Waals surface area contributed by atoms with Gasteiger partial charge < -0.3 is 9.80 Å². The van der Waals surface area contributed by atoms with Gasteiger partial charge in [0.2, 0.25) is 0 Å². The lowest BCUT2D eigenvalue weighted by Gasteiger charge is -2.44. The summed E-state index contributed by atoms with van der Waals surface area (Å²) in [4.78, 5) is 5.17. The van der Waals surface area contributed by atoms with E-state index in [1.165, 1.54) is 99.9 Å². The monoisotopic (exact) mass is 892 g/mol. The first-order valence-electron chi connectivity index (χ1n) is 24.8. The van der Waals surface area contributed by atoms with Gasteiger partial charge in [0.25, 0.3) is 0 Å². The Morgan fingerprint density at radius 3 is 1.04 bits per heavy atom. The topological polar surface area (TPSA) is 6.48 Å². The van der Waals surface area contributed by atoms with Gasteiger partial charge in [0, 0.05) is 28.2 Å². The summed E-state index contributed by atoms with van der Waals surface area (Å²) in [7, 11) is 0. The van der Waals surface area contributed by atoms with E-state index in [9.17, 15) is 0 Å². The molecule has 10 aromatic carbocycles. The second-order valence-corrected chi connectivity index (χ2v) is 20.0. The first-order valence-corrected chi connectivity index (χ1v) is 24.8. The van der Waals surface area contributed by atoms with Crippen LogP contribution < -0.4 is 9.80 Å². The molecule has 0 bridgehead atoms. The Morgan fingerprint density at radius 2 is 0.667 bits per heavy atom. The number of nitrogens with zero attached hydrogens (tertiary/aromatic N) is 2. The molecule has 2 atom stereocenters. The smallest absolute Gasteiger partial charge is 0.0671 e. The maximum Gasteiger partial charge on any atom is 0.0671 e. The summed E-state index contributed by atoms with van der Waals surface area (Å²) in [6, 6.07) is 85.7. The molecule has 0 saturated carbocycles. The number of rotatable bonds is 12. The molecule has 0 aromatic heterocycles. The Balaban J connectivity index is 0.999. The van der Waals surface area contributed by atoms with Gasteiger partial charge >= 0.3 is 0 Å². The van der Waals surface area contributed by atoms with Crippen molar-refractivity contribution in [1.29, 1.82) is 0 Å². The lowest BCUT2D eigenvalue weighted by molar-refractivity contribution is 0.461. The molecule has 1 aliphatic rings. The highest BCUT2D eigenvalue weighted by Gasteiger charge is 2.42. The molecule has 69 heavy (non-hydrogen) atoms. The van der Waals surface area contributed by atoms with E-state index in [0.29, 0.717) is 0 Å². The maximum absolute atomic E-state index is 2.59. The SMILES string of the molecule is CCC(C)(c1ccc2c(c1)C(C)(C)c1cc(C(C)(CC)N(c3ccc(-c4ccccc4)cc3)c3ccc4ccccc4c3)ccc1-2)N(c1ccc(-c2ccccc2)cc1)c1ccc2ccccc2c1. The van der Waals surface area contributed by atoms with Crippen molar-refractivity contribution in [3.63, 3.8) is 0 Å². The van der Waals surface area contributed by atoms with Gasteiger partial charge in [0.1, 0.15) is 0 Å². The van der Waals surface area contributed by atoms with Gasteiger partial charge in [0.05, 0.1) is 11.1 Å². The number of fused-ring (bicyclic) bond motifs is 5. The van der Waals surface area contributed by atoms with Crippen molar-refractivity contribution in [2.75, 3.05) is 9.80 Å². The summed E-state index contributed by atoms with van der Waals surface area (Å²) in [6.07, 6.45) is 1.81. The number of benzene rings is 10. The van der Waals surface area contributed by atoms with Gasteiger partial charge in [-0.2, -0.15) is 0 Å². The molecule has 0 aliphatic heterocycles. The highest BCUT2D eigenvalue weighted by molar-refractivity contribution is 5.89. The van der Waals surface area contributed by atoms with Crippen molar-refractivity contribution in [1.82, 2.24) is 0 Å². The second-order valence-electron chi connectivity index (χ2n) is 20.0. The van der Waals surface area contributed by atoms with Crippen LogP contribution >= 0.6 is 0 Å². The van der Waals surface area contributed by atoms with E-state index in [4.69, 9.17) is 0 Å². The summed E-state index contributed by atoms with van der Waals surface area (Å²) < 4.78 is 0. The van der Waals surface area contributed by atoms with Gasteiger partial charge in [-0.1, -0.05) is 210 Å². The molecule has 0 fully saturated rings. The average Bonchev–Trinajstić information content (AvgIpc) is 3.63. The lowest BCUT2D eigenvalue weighted by atomic mass is 9.77.